The summed E-state index contributed by atoms with van der Waals surface area (Å²) in [5, 5.41) is 9.12. The molecule has 3 aromatic carbocycles. The minimum Gasteiger partial charge on any atom is -0.489 e. The van der Waals surface area contributed by atoms with Crippen LogP contribution in [0, 0.1) is 17.0 Å². The molecule has 2 saturated heterocycles. The molecule has 3 heterocycles. The highest BCUT2D eigenvalue weighted by molar-refractivity contribution is 5.69. The molecule has 6 rings (SSSR count). The Morgan fingerprint density at radius 2 is 1.69 bits per heavy atom. The molecule has 2 fully saturated rings. The highest BCUT2D eigenvalue weighted by atomic mass is 19.3. The van der Waals surface area contributed by atoms with E-state index in [2.05, 4.69) is 0 Å². The maximum atomic E-state index is 16.1. The van der Waals surface area contributed by atoms with Crippen molar-refractivity contribution in [2.24, 2.45) is 5.41 Å². The summed E-state index contributed by atoms with van der Waals surface area (Å²) in [4.78, 5) is 16.5. The van der Waals surface area contributed by atoms with Crippen LogP contribution in [-0.2, 0) is 17.8 Å². The summed E-state index contributed by atoms with van der Waals surface area (Å²) in [6.45, 7) is 4.23. The van der Waals surface area contributed by atoms with Crippen molar-refractivity contribution in [3.63, 3.8) is 0 Å². The van der Waals surface area contributed by atoms with E-state index in [0.717, 1.165) is 30.4 Å². The molecular formula is C35H39F4N3O3. The van der Waals surface area contributed by atoms with Gasteiger partial charge in [-0.05, 0) is 92.1 Å². The molecule has 10 heteroatoms. The van der Waals surface area contributed by atoms with Crippen LogP contribution in [0.4, 0.5) is 23.2 Å². The number of benzene rings is 3. The third-order valence-electron chi connectivity index (χ3n) is 9.84. The SMILES string of the molecule is C[C@@H]1Cc2cc(OCc3ccccc3)ccc2C(c2c(F)cc(N3CCC4(CCN(CC(=O)O)CC4)C3)cc2F)N1CC(F)F. The zero-order valence-electron chi connectivity index (χ0n) is 25.4. The number of halogens is 4. The third-order valence-corrected chi connectivity index (χ3v) is 9.84. The summed E-state index contributed by atoms with van der Waals surface area (Å²) in [5.74, 6) is -1.74. The van der Waals surface area contributed by atoms with Crippen molar-refractivity contribution in [3.8, 4) is 5.75 Å². The van der Waals surface area contributed by atoms with E-state index in [1.165, 1.54) is 17.0 Å². The van der Waals surface area contributed by atoms with E-state index >= 15 is 8.78 Å². The number of carbonyl (C=O) groups is 1. The molecule has 45 heavy (non-hydrogen) atoms. The Hall–Kier alpha value is -3.63. The molecule has 1 unspecified atom stereocenters. The summed E-state index contributed by atoms with van der Waals surface area (Å²) in [7, 11) is 0. The van der Waals surface area contributed by atoms with Gasteiger partial charge in [0.25, 0.3) is 6.43 Å². The number of aliphatic carboxylic acids is 1. The Bertz CT molecular complexity index is 1490. The number of carboxylic acids is 1. The zero-order chi connectivity index (χ0) is 31.7. The lowest BCUT2D eigenvalue weighted by Crippen LogP contribution is -2.45. The van der Waals surface area contributed by atoms with Crippen LogP contribution in [0.5, 0.6) is 5.75 Å². The van der Waals surface area contributed by atoms with Gasteiger partial charge in [-0.3, -0.25) is 14.6 Å². The fraction of sp³-hybridized carbons (Fsp3) is 0.457. The number of alkyl halides is 2. The van der Waals surface area contributed by atoms with Crippen LogP contribution in [0.2, 0.25) is 0 Å². The van der Waals surface area contributed by atoms with Crippen LogP contribution in [0.1, 0.15) is 54.5 Å². The molecule has 6 nitrogen and oxygen atoms in total. The Labute approximate surface area is 261 Å². The number of rotatable bonds is 9. The van der Waals surface area contributed by atoms with Crippen LogP contribution in [0.15, 0.2) is 60.7 Å². The molecule has 2 atom stereocenters. The van der Waals surface area contributed by atoms with Crippen LogP contribution in [-0.4, -0.2) is 72.6 Å². The molecule has 1 spiro atoms. The first-order chi connectivity index (χ1) is 21.6. The van der Waals surface area contributed by atoms with Crippen molar-refractivity contribution in [1.29, 1.82) is 0 Å². The first-order valence-corrected chi connectivity index (χ1v) is 15.6. The van der Waals surface area contributed by atoms with Crippen molar-refractivity contribution >= 4 is 11.7 Å². The smallest absolute Gasteiger partial charge is 0.317 e. The number of fused-ring (bicyclic) bond motifs is 1. The van der Waals surface area contributed by atoms with Crippen LogP contribution < -0.4 is 9.64 Å². The summed E-state index contributed by atoms with van der Waals surface area (Å²) in [6.07, 6.45) is 0.302. The second kappa shape index (κ2) is 13.0. The largest absolute Gasteiger partial charge is 0.489 e. The minimum absolute atomic E-state index is 0.0190. The van der Waals surface area contributed by atoms with E-state index in [1.54, 1.807) is 12.1 Å². The van der Waals surface area contributed by atoms with Crippen molar-refractivity contribution < 1.29 is 32.2 Å². The fourth-order valence-corrected chi connectivity index (χ4v) is 7.45. The number of hydrogen-bond acceptors (Lipinski definition) is 5. The van der Waals surface area contributed by atoms with Crippen LogP contribution in [0.3, 0.4) is 0 Å². The molecule has 0 saturated carbocycles. The number of piperidine rings is 1. The van der Waals surface area contributed by atoms with Crippen LogP contribution in [0.25, 0.3) is 0 Å². The van der Waals surface area contributed by atoms with Crippen molar-refractivity contribution in [1.82, 2.24) is 9.80 Å². The Morgan fingerprint density at radius 1 is 1.00 bits per heavy atom. The van der Waals surface area contributed by atoms with Gasteiger partial charge >= 0.3 is 5.97 Å². The lowest BCUT2D eigenvalue weighted by atomic mass is 9.78. The first-order valence-electron chi connectivity index (χ1n) is 15.6. The minimum atomic E-state index is -2.67. The Balaban J connectivity index is 1.25. The van der Waals surface area contributed by atoms with Gasteiger partial charge in [0.05, 0.1) is 19.1 Å². The molecule has 0 aromatic heterocycles. The van der Waals surface area contributed by atoms with Gasteiger partial charge in [0.15, 0.2) is 0 Å². The van der Waals surface area contributed by atoms with Gasteiger partial charge in [-0.15, -0.1) is 0 Å². The number of ether oxygens (including phenoxy) is 1. The average molecular weight is 626 g/mol. The van der Waals surface area contributed by atoms with Crippen molar-refractivity contribution in [3.05, 3.63) is 94.6 Å². The predicted octanol–water partition coefficient (Wildman–Crippen LogP) is 6.52. The number of likely N-dealkylation sites (tertiary alicyclic amines) is 1. The Morgan fingerprint density at radius 3 is 2.36 bits per heavy atom. The lowest BCUT2D eigenvalue weighted by Gasteiger charge is -2.42. The van der Waals surface area contributed by atoms with Gasteiger partial charge in [0, 0.05) is 30.4 Å². The molecule has 0 radical (unpaired) electrons. The van der Waals surface area contributed by atoms with E-state index in [1.807, 2.05) is 53.1 Å². The fourth-order valence-electron chi connectivity index (χ4n) is 7.45. The van der Waals surface area contributed by atoms with Gasteiger partial charge in [-0.2, -0.15) is 0 Å². The van der Waals surface area contributed by atoms with E-state index in [0.29, 0.717) is 56.2 Å². The third kappa shape index (κ3) is 6.82. The summed E-state index contributed by atoms with van der Waals surface area (Å²) in [6, 6.07) is 16.3. The van der Waals surface area contributed by atoms with Gasteiger partial charge in [-0.1, -0.05) is 36.4 Å². The highest BCUT2D eigenvalue weighted by Crippen LogP contribution is 2.45. The van der Waals surface area contributed by atoms with Gasteiger partial charge in [-0.25, -0.2) is 17.6 Å². The second-order valence-electron chi connectivity index (χ2n) is 12.8. The standard InChI is InChI=1S/C35H39F4N3O3/c1-23-15-25-16-27(45-21-24-5-3-2-4-6-24)7-8-28(25)34(42(23)19-31(38)39)33-29(36)17-26(18-30(33)37)41-14-11-35(22-41)9-12-40(13-10-35)20-32(43)44/h2-8,16-18,23,31,34H,9-15,19-22H2,1H3,(H,43,44)/t23-,34?/m1/s1. The maximum absolute atomic E-state index is 16.1. The number of nitrogens with zero attached hydrogens (tertiary/aromatic N) is 3. The lowest BCUT2D eigenvalue weighted by molar-refractivity contribution is -0.138. The topological polar surface area (TPSA) is 56.3 Å². The van der Waals surface area contributed by atoms with E-state index in [-0.39, 0.29) is 23.6 Å². The van der Waals surface area contributed by atoms with E-state index in [9.17, 15) is 13.6 Å². The highest BCUT2D eigenvalue weighted by Gasteiger charge is 2.42. The van der Waals surface area contributed by atoms with Gasteiger partial charge < -0.3 is 14.7 Å². The first kappa shape index (κ1) is 31.4. The molecule has 3 aliphatic heterocycles. The Kier molecular flexibility index (Phi) is 9.06. The average Bonchev–Trinajstić information content (AvgIpc) is 3.42. The van der Waals surface area contributed by atoms with Gasteiger partial charge in [0.2, 0.25) is 0 Å². The van der Waals surface area contributed by atoms with E-state index in [4.69, 9.17) is 9.84 Å². The zero-order valence-corrected chi connectivity index (χ0v) is 25.4. The summed E-state index contributed by atoms with van der Waals surface area (Å²) < 4.78 is 65.9. The van der Waals surface area contributed by atoms with E-state index < -0.39 is 36.6 Å². The summed E-state index contributed by atoms with van der Waals surface area (Å²) >= 11 is 0. The summed E-state index contributed by atoms with van der Waals surface area (Å²) in [5.41, 5.74) is 2.61. The molecule has 0 aliphatic carbocycles. The predicted molar refractivity (Wildman–Crippen MR) is 164 cm³/mol. The van der Waals surface area contributed by atoms with Crippen molar-refractivity contribution in [2.75, 3.05) is 44.2 Å². The molecule has 240 valence electrons. The molecule has 0 bridgehead atoms. The number of anilines is 1. The quantitative estimate of drug-likeness (QED) is 0.274. The maximum Gasteiger partial charge on any atom is 0.317 e. The van der Waals surface area contributed by atoms with Gasteiger partial charge in [0.1, 0.15) is 24.0 Å². The number of carboxylic acid groups (broad SMARTS) is 1. The normalized spacial score (nSPS) is 21.8. The molecule has 3 aliphatic rings. The molecule has 0 amide bonds. The monoisotopic (exact) mass is 625 g/mol. The van der Waals surface area contributed by atoms with Crippen LogP contribution >= 0.6 is 0 Å². The molecular weight excluding hydrogens is 586 g/mol. The molecule has 1 N–H and O–H groups in total. The molecule has 3 aromatic rings. The number of hydrogen-bond donors (Lipinski definition) is 1. The second-order valence-corrected chi connectivity index (χ2v) is 12.8. The van der Waals surface area contributed by atoms with Crippen molar-refractivity contribution in [2.45, 2.75) is 57.7 Å².